The highest BCUT2D eigenvalue weighted by Gasteiger charge is 2.53. The molecule has 0 spiro atoms. The maximum Gasteiger partial charge on any atom is 0.223 e. The molecular formula is C36H38N8O4S2. The van der Waals surface area contributed by atoms with E-state index < -0.39 is 29.5 Å². The van der Waals surface area contributed by atoms with Crippen LogP contribution >= 0.6 is 0 Å². The first kappa shape index (κ1) is 32.2. The average molecular weight is 711 g/mol. The molecule has 0 aliphatic heterocycles. The van der Waals surface area contributed by atoms with Gasteiger partial charge in [0, 0.05) is 24.0 Å². The van der Waals surface area contributed by atoms with E-state index in [-0.39, 0.29) is 35.6 Å². The Kier molecular flexibility index (Phi) is 7.60. The molecule has 2 unspecified atom stereocenters. The number of benzene rings is 4. The van der Waals surface area contributed by atoms with Crippen LogP contribution in [0.2, 0.25) is 2.82 Å². The van der Waals surface area contributed by atoms with Gasteiger partial charge >= 0.3 is 0 Å². The van der Waals surface area contributed by atoms with Crippen molar-refractivity contribution in [3.05, 3.63) is 140 Å². The van der Waals surface area contributed by atoms with Crippen molar-refractivity contribution in [1.82, 2.24) is 0 Å². The molecule has 0 radical (unpaired) electrons. The van der Waals surface area contributed by atoms with Crippen LogP contribution in [0.4, 0.5) is 0 Å². The second-order valence-electron chi connectivity index (χ2n) is 13.1. The summed E-state index contributed by atoms with van der Waals surface area (Å²) in [6, 6.07) is 21.1. The molecule has 0 heterocycles. The first-order chi connectivity index (χ1) is 24.4. The number of aryl methyl sites for hydroxylation is 4. The third-order valence-corrected chi connectivity index (χ3v) is 13.3. The van der Waals surface area contributed by atoms with Crippen LogP contribution in [0.1, 0.15) is 68.5 Å². The monoisotopic (exact) mass is 710 g/mol. The maximum absolute atomic E-state index is 13.8. The van der Waals surface area contributed by atoms with Crippen LogP contribution in [0.5, 0.6) is 0 Å². The number of hydrogen-bond acceptors (Lipinski definition) is 10. The highest BCUT2D eigenvalue weighted by atomic mass is 32.2. The lowest BCUT2D eigenvalue weighted by Crippen LogP contribution is -2.46. The summed E-state index contributed by atoms with van der Waals surface area (Å²) in [6.07, 6.45) is -0.467. The van der Waals surface area contributed by atoms with Crippen molar-refractivity contribution in [3.63, 3.8) is 0 Å². The van der Waals surface area contributed by atoms with E-state index in [2.05, 4.69) is 21.3 Å². The molecule has 12 nitrogen and oxygen atoms in total. The summed E-state index contributed by atoms with van der Waals surface area (Å²) in [4.78, 5) is 0. The Morgan fingerprint density at radius 3 is 1.24 bits per heavy atom. The summed E-state index contributed by atoms with van der Waals surface area (Å²) in [7, 11) is -8.80. The lowest BCUT2D eigenvalue weighted by Gasteiger charge is -2.40. The van der Waals surface area contributed by atoms with E-state index in [1.54, 1.807) is 76.2 Å². The van der Waals surface area contributed by atoms with Gasteiger partial charge in [-0.1, -0.05) is 72.8 Å². The molecule has 0 saturated carbocycles. The molecule has 4 aromatic rings. The Bertz CT molecular complexity index is 2310. The summed E-state index contributed by atoms with van der Waals surface area (Å²) >= 11 is 0. The molecule has 6 rings (SSSR count). The van der Waals surface area contributed by atoms with Crippen LogP contribution in [-0.2, 0) is 29.5 Å². The second kappa shape index (κ2) is 11.8. The number of hydrogen-bond donors (Lipinski definition) is 6. The molecule has 2 atom stereocenters. The molecule has 10 N–H and O–H groups in total. The Morgan fingerprint density at radius 2 is 0.940 bits per heavy atom. The standard InChI is InChI=1S/C36H38N8O4S2/c1-19-13-23(14-20(2)31(19)35(49(41,45)46)17-29(43-39)33(37)25-9-5-7-11-27(25)35)24-15-21(3)32(22(4)16-24)36(50(42,47)48)18-30(44-40)34(38)26-10-6-8-12-28(26)36/h5-16,39-40H,17-18,37-38H2,1-4H3,(H2,41,45,46)(H2,42,47,48)/b43-39+,44-40+. The third kappa shape index (κ3) is 4.85. The van der Waals surface area contributed by atoms with Crippen molar-refractivity contribution in [3.8, 4) is 11.1 Å². The summed E-state index contributed by atoms with van der Waals surface area (Å²) < 4.78 is 66.5. The predicted molar refractivity (Wildman–Crippen MR) is 193 cm³/mol. The van der Waals surface area contributed by atoms with E-state index >= 15 is 0 Å². The Labute approximate surface area is 294 Å². The summed E-state index contributed by atoms with van der Waals surface area (Å²) in [6.45, 7) is 7.21. The van der Waals surface area contributed by atoms with E-state index in [0.29, 0.717) is 55.6 Å². The van der Waals surface area contributed by atoms with E-state index in [9.17, 15) is 16.8 Å². The summed E-state index contributed by atoms with van der Waals surface area (Å²) in [5.74, 6) is 0. The van der Waals surface area contributed by atoms with Crippen molar-refractivity contribution in [2.45, 2.75) is 50.0 Å². The van der Waals surface area contributed by atoms with Gasteiger partial charge in [0.2, 0.25) is 22.9 Å². The molecule has 0 aromatic heterocycles. The van der Waals surface area contributed by atoms with Gasteiger partial charge in [-0.05, 0) is 83.3 Å². The molecule has 14 heteroatoms. The fraction of sp³-hybridized carbons (Fsp3) is 0.222. The zero-order valence-electron chi connectivity index (χ0n) is 29.9. The lowest BCUT2D eigenvalue weighted by molar-refractivity contribution is 0.542. The number of rotatable bonds is 7. The largest absolute Gasteiger partial charge is 0.397 e. The molecule has 2 aliphatic rings. The van der Waals surface area contributed by atoms with Gasteiger partial charge in [0.05, 0.1) is 22.8 Å². The van der Waals surface area contributed by atoms with Gasteiger partial charge < -0.3 is 11.5 Å². The maximum atomic E-state index is 13.8. The number of nitrogens with zero attached hydrogens (tertiary/aromatic N) is 2. The minimum atomic E-state index is -4.40. The Morgan fingerprint density at radius 1 is 0.620 bits per heavy atom. The van der Waals surface area contributed by atoms with Gasteiger partial charge in [0.1, 0.15) is 9.49 Å². The van der Waals surface area contributed by atoms with Crippen LogP contribution in [0.15, 0.2) is 94.4 Å². The number of nitrogens with two attached hydrogens (primary N) is 4. The highest BCUT2D eigenvalue weighted by molar-refractivity contribution is 7.90. The van der Waals surface area contributed by atoms with E-state index in [1.165, 1.54) is 0 Å². The molecule has 50 heavy (non-hydrogen) atoms. The fourth-order valence-corrected chi connectivity index (χ4v) is 11.1. The fourth-order valence-electron chi connectivity index (χ4n) is 8.25. The topological polar surface area (TPSA) is 245 Å². The van der Waals surface area contributed by atoms with Crippen LogP contribution in [0.25, 0.3) is 22.5 Å². The van der Waals surface area contributed by atoms with E-state index in [1.807, 2.05) is 24.3 Å². The van der Waals surface area contributed by atoms with Crippen LogP contribution in [0.3, 0.4) is 0 Å². The van der Waals surface area contributed by atoms with Gasteiger partial charge in [-0.2, -0.15) is 10.2 Å². The molecule has 258 valence electrons. The number of fused-ring (bicyclic) bond motifs is 2. The minimum absolute atomic E-state index is 0.129. The predicted octanol–water partition coefficient (Wildman–Crippen LogP) is 5.78. The first-order valence-electron chi connectivity index (χ1n) is 16.5. The molecule has 0 amide bonds. The average Bonchev–Trinajstić information content (AvgIpc) is 3.07. The summed E-state index contributed by atoms with van der Waals surface area (Å²) in [5.41, 5.74) is 26.4. The van der Waals surface area contributed by atoms with Crippen molar-refractivity contribution in [2.24, 2.45) is 32.0 Å². The first-order valence-corrected chi connectivity index (χ1v) is 18.7. The number of allylic oxidation sites excluding steroid dienone is 2. The van der Waals surface area contributed by atoms with Gasteiger partial charge in [0.25, 0.3) is 0 Å². The lowest BCUT2D eigenvalue weighted by atomic mass is 9.74. The van der Waals surface area contributed by atoms with Gasteiger partial charge in [-0.15, -0.1) is 0 Å². The van der Waals surface area contributed by atoms with Gasteiger partial charge in [0.15, 0.2) is 0 Å². The van der Waals surface area contributed by atoms with Crippen LogP contribution in [0, 0.1) is 38.7 Å². The zero-order valence-corrected chi connectivity index (χ0v) is 29.5. The number of nitrogens with one attached hydrogen (secondary N) is 2. The van der Waals surface area contributed by atoms with Gasteiger partial charge in [-0.25, -0.2) is 38.2 Å². The molecule has 0 bridgehead atoms. The van der Waals surface area contributed by atoms with Crippen molar-refractivity contribution >= 4 is 31.4 Å². The van der Waals surface area contributed by atoms with Crippen molar-refractivity contribution in [2.75, 3.05) is 0 Å². The number of sulfonamides is 2. The van der Waals surface area contributed by atoms with E-state index in [0.717, 1.165) is 11.1 Å². The van der Waals surface area contributed by atoms with Crippen LogP contribution in [-0.4, -0.2) is 16.8 Å². The minimum Gasteiger partial charge on any atom is -0.397 e. The Balaban J connectivity index is 1.57. The van der Waals surface area contributed by atoms with E-state index in [4.69, 9.17) is 24.6 Å². The van der Waals surface area contributed by atoms with Crippen molar-refractivity contribution in [1.29, 1.82) is 11.0 Å². The molecule has 4 aromatic carbocycles. The zero-order chi connectivity index (χ0) is 38.0. The molecule has 2 aliphatic carbocycles. The molecular weight excluding hydrogens is 673 g/mol. The smallest absolute Gasteiger partial charge is 0.223 e. The third-order valence-electron chi connectivity index (χ3n) is 10.2. The second-order valence-corrected chi connectivity index (χ2v) is 16.7. The van der Waals surface area contributed by atoms with Crippen LogP contribution < -0.4 is 21.7 Å². The Hall–Kier alpha value is -5.02. The van der Waals surface area contributed by atoms with Gasteiger partial charge in [-0.3, -0.25) is 0 Å². The highest BCUT2D eigenvalue weighted by Crippen LogP contribution is 2.53. The quantitative estimate of drug-likeness (QED) is 0.130. The SMILES string of the molecule is [H]/N=N/C1=C(N)c2ccccc2C(c2c(C)cc(-c3cc(C)c(C4(S(N)(=O)=O)CC(/N=N/[H])=C(N)c5ccccc54)c(C)c3)cc2C)(S(N)(=O)=O)C1. The normalized spacial score (nSPS) is 21.7. The summed E-state index contributed by atoms with van der Waals surface area (Å²) in [5, 5.41) is 20.0. The molecule has 0 saturated heterocycles. The number of primary sulfonamides is 2. The molecule has 0 fully saturated rings. The van der Waals surface area contributed by atoms with Crippen molar-refractivity contribution < 1.29 is 19.7 Å².